The molecular weight excluding hydrogens is 330 g/mol. The van der Waals surface area contributed by atoms with E-state index in [-0.39, 0.29) is 23.8 Å². The van der Waals surface area contributed by atoms with Crippen LogP contribution in [0.2, 0.25) is 0 Å². The third-order valence-corrected chi connectivity index (χ3v) is 5.43. The van der Waals surface area contributed by atoms with Crippen LogP contribution in [-0.4, -0.2) is 59.4 Å². The minimum atomic E-state index is 0.0226. The van der Waals surface area contributed by atoms with Crippen LogP contribution in [0.15, 0.2) is 24.5 Å². The van der Waals surface area contributed by atoms with Crippen molar-refractivity contribution in [3.63, 3.8) is 0 Å². The first-order valence-electron chi connectivity index (χ1n) is 9.64. The van der Waals surface area contributed by atoms with Crippen LogP contribution in [0.3, 0.4) is 0 Å². The Balaban J connectivity index is 1.62. The standard InChI is InChI=1S/C20H29N3O3/c1-2-11-26-14-19(25)22-10-4-7-20(15-22)8-6-18(24)23(16-20)13-17-5-3-9-21-12-17/h3,5,9,12H,2,4,6-8,10-11,13-16H2,1H3/t20-/m0/s1. The molecule has 6 nitrogen and oxygen atoms in total. The summed E-state index contributed by atoms with van der Waals surface area (Å²) in [4.78, 5) is 32.9. The molecule has 3 rings (SSSR count). The summed E-state index contributed by atoms with van der Waals surface area (Å²) in [5, 5.41) is 0. The number of rotatable bonds is 6. The SMILES string of the molecule is CCCOCC(=O)N1CCC[C@]2(CCC(=O)N(Cc3cccnc3)C2)C1. The van der Waals surface area contributed by atoms with Gasteiger partial charge in [-0.2, -0.15) is 0 Å². The number of carbonyl (C=O) groups is 2. The summed E-state index contributed by atoms with van der Waals surface area (Å²) in [5.41, 5.74) is 1.07. The monoisotopic (exact) mass is 359 g/mol. The normalized spacial score (nSPS) is 23.5. The second-order valence-corrected chi connectivity index (χ2v) is 7.58. The van der Waals surface area contributed by atoms with Gasteiger partial charge >= 0.3 is 0 Å². The first-order valence-corrected chi connectivity index (χ1v) is 9.64. The number of amides is 2. The van der Waals surface area contributed by atoms with Gasteiger partial charge < -0.3 is 14.5 Å². The Labute approximate surface area is 155 Å². The lowest BCUT2D eigenvalue weighted by Gasteiger charge is -2.48. The number of hydrogen-bond donors (Lipinski definition) is 0. The van der Waals surface area contributed by atoms with Crippen LogP contribution in [0.4, 0.5) is 0 Å². The Morgan fingerprint density at radius 2 is 2.23 bits per heavy atom. The van der Waals surface area contributed by atoms with E-state index in [1.54, 1.807) is 6.20 Å². The fraction of sp³-hybridized carbons (Fsp3) is 0.650. The number of likely N-dealkylation sites (tertiary alicyclic amines) is 2. The number of hydrogen-bond acceptors (Lipinski definition) is 4. The summed E-state index contributed by atoms with van der Waals surface area (Å²) in [7, 11) is 0. The van der Waals surface area contributed by atoms with Crippen molar-refractivity contribution in [2.24, 2.45) is 5.41 Å². The molecule has 2 amide bonds. The Bertz CT molecular complexity index is 622. The highest BCUT2D eigenvalue weighted by molar-refractivity contribution is 5.78. The second kappa shape index (κ2) is 8.62. The number of carbonyl (C=O) groups excluding carboxylic acids is 2. The molecule has 0 bridgehead atoms. The molecule has 2 saturated heterocycles. The lowest BCUT2D eigenvalue weighted by atomic mass is 9.73. The molecule has 0 radical (unpaired) electrons. The minimum Gasteiger partial charge on any atom is -0.372 e. The first kappa shape index (κ1) is 18.8. The number of ether oxygens (including phenoxy) is 1. The van der Waals surface area contributed by atoms with Gasteiger partial charge in [-0.05, 0) is 37.3 Å². The molecule has 0 saturated carbocycles. The molecule has 3 heterocycles. The predicted molar refractivity (Wildman–Crippen MR) is 98.2 cm³/mol. The minimum absolute atomic E-state index is 0.0226. The predicted octanol–water partition coefficient (Wildman–Crippen LogP) is 2.24. The van der Waals surface area contributed by atoms with Gasteiger partial charge in [-0.3, -0.25) is 14.6 Å². The van der Waals surface area contributed by atoms with Gasteiger partial charge in [-0.25, -0.2) is 0 Å². The highest BCUT2D eigenvalue weighted by atomic mass is 16.5. The fourth-order valence-corrected chi connectivity index (χ4v) is 4.11. The Kier molecular flexibility index (Phi) is 6.25. The molecule has 1 spiro atoms. The van der Waals surface area contributed by atoms with Crippen molar-refractivity contribution in [2.75, 3.05) is 32.8 Å². The average Bonchev–Trinajstić information content (AvgIpc) is 2.66. The van der Waals surface area contributed by atoms with E-state index in [0.29, 0.717) is 19.6 Å². The number of nitrogens with zero attached hydrogens (tertiary/aromatic N) is 3. The van der Waals surface area contributed by atoms with Gasteiger partial charge in [0, 0.05) is 57.0 Å². The molecule has 26 heavy (non-hydrogen) atoms. The quantitative estimate of drug-likeness (QED) is 0.731. The zero-order valence-electron chi connectivity index (χ0n) is 15.7. The third kappa shape index (κ3) is 4.61. The van der Waals surface area contributed by atoms with Crippen LogP contribution in [-0.2, 0) is 20.9 Å². The molecule has 6 heteroatoms. The average molecular weight is 359 g/mol. The van der Waals surface area contributed by atoms with Crippen LogP contribution in [0.5, 0.6) is 0 Å². The van der Waals surface area contributed by atoms with E-state index < -0.39 is 0 Å². The fourth-order valence-electron chi connectivity index (χ4n) is 4.11. The van der Waals surface area contributed by atoms with Crippen molar-refractivity contribution in [2.45, 2.75) is 45.6 Å². The van der Waals surface area contributed by atoms with Crippen molar-refractivity contribution < 1.29 is 14.3 Å². The van der Waals surface area contributed by atoms with Crippen LogP contribution in [0, 0.1) is 5.41 Å². The van der Waals surface area contributed by atoms with E-state index in [2.05, 4.69) is 4.98 Å². The van der Waals surface area contributed by atoms with Crippen molar-refractivity contribution >= 4 is 11.8 Å². The summed E-state index contributed by atoms with van der Waals surface area (Å²) in [6.45, 7) is 5.68. The molecule has 2 aliphatic rings. The van der Waals surface area contributed by atoms with Crippen LogP contribution < -0.4 is 0 Å². The van der Waals surface area contributed by atoms with Gasteiger partial charge in [0.1, 0.15) is 6.61 Å². The maximum absolute atomic E-state index is 12.4. The molecule has 0 aromatic carbocycles. The lowest BCUT2D eigenvalue weighted by Crippen LogP contribution is -2.55. The third-order valence-electron chi connectivity index (χ3n) is 5.43. The maximum atomic E-state index is 12.4. The van der Waals surface area contributed by atoms with Crippen molar-refractivity contribution in [1.82, 2.24) is 14.8 Å². The molecule has 0 aliphatic carbocycles. The lowest BCUT2D eigenvalue weighted by molar-refractivity contribution is -0.145. The maximum Gasteiger partial charge on any atom is 0.248 e. The van der Waals surface area contributed by atoms with Gasteiger partial charge in [-0.1, -0.05) is 13.0 Å². The molecular formula is C20H29N3O3. The van der Waals surface area contributed by atoms with Crippen LogP contribution in [0.25, 0.3) is 0 Å². The molecule has 142 valence electrons. The molecule has 0 N–H and O–H groups in total. The summed E-state index contributed by atoms with van der Waals surface area (Å²) in [6, 6.07) is 3.90. The van der Waals surface area contributed by atoms with Crippen molar-refractivity contribution in [1.29, 1.82) is 0 Å². The zero-order chi connectivity index (χ0) is 18.4. The number of aromatic nitrogens is 1. The zero-order valence-corrected chi connectivity index (χ0v) is 15.7. The van der Waals surface area contributed by atoms with E-state index in [1.807, 2.05) is 35.1 Å². The Hall–Kier alpha value is -1.95. The summed E-state index contributed by atoms with van der Waals surface area (Å²) >= 11 is 0. The highest BCUT2D eigenvalue weighted by Gasteiger charge is 2.42. The van der Waals surface area contributed by atoms with E-state index in [4.69, 9.17) is 4.74 Å². The van der Waals surface area contributed by atoms with Gasteiger partial charge in [0.05, 0.1) is 0 Å². The Morgan fingerprint density at radius 1 is 1.35 bits per heavy atom. The summed E-state index contributed by atoms with van der Waals surface area (Å²) < 4.78 is 5.43. The molecule has 0 unspecified atom stereocenters. The van der Waals surface area contributed by atoms with E-state index in [0.717, 1.165) is 50.9 Å². The van der Waals surface area contributed by atoms with Crippen molar-refractivity contribution in [3.05, 3.63) is 30.1 Å². The number of piperidine rings is 2. The smallest absolute Gasteiger partial charge is 0.248 e. The largest absolute Gasteiger partial charge is 0.372 e. The summed E-state index contributed by atoms with van der Waals surface area (Å²) in [5.74, 6) is 0.280. The topological polar surface area (TPSA) is 62.7 Å². The van der Waals surface area contributed by atoms with Gasteiger partial charge in [0.2, 0.25) is 11.8 Å². The number of pyridine rings is 1. The van der Waals surface area contributed by atoms with Gasteiger partial charge in [0.15, 0.2) is 0 Å². The highest BCUT2D eigenvalue weighted by Crippen LogP contribution is 2.39. The van der Waals surface area contributed by atoms with Crippen LogP contribution >= 0.6 is 0 Å². The molecule has 1 atom stereocenters. The van der Waals surface area contributed by atoms with Crippen molar-refractivity contribution in [3.8, 4) is 0 Å². The Morgan fingerprint density at radius 3 is 3.00 bits per heavy atom. The first-order chi connectivity index (χ1) is 12.6. The van der Waals surface area contributed by atoms with Gasteiger partial charge in [0.25, 0.3) is 0 Å². The van der Waals surface area contributed by atoms with Crippen LogP contribution in [0.1, 0.15) is 44.6 Å². The van der Waals surface area contributed by atoms with Gasteiger partial charge in [-0.15, -0.1) is 0 Å². The van der Waals surface area contributed by atoms with E-state index >= 15 is 0 Å². The summed E-state index contributed by atoms with van der Waals surface area (Å²) in [6.07, 6.45) is 7.98. The van der Waals surface area contributed by atoms with E-state index in [9.17, 15) is 9.59 Å². The molecule has 1 aromatic rings. The molecule has 2 fully saturated rings. The molecule has 1 aromatic heterocycles. The second-order valence-electron chi connectivity index (χ2n) is 7.58. The molecule has 2 aliphatic heterocycles. The van der Waals surface area contributed by atoms with E-state index in [1.165, 1.54) is 0 Å².